The summed E-state index contributed by atoms with van der Waals surface area (Å²) in [6.07, 6.45) is 0.304. The molecule has 26 heavy (non-hydrogen) atoms. The van der Waals surface area contributed by atoms with Crippen molar-refractivity contribution in [2.24, 2.45) is 0 Å². The van der Waals surface area contributed by atoms with Crippen molar-refractivity contribution in [1.29, 1.82) is 5.26 Å². The molecule has 0 amide bonds. The predicted molar refractivity (Wildman–Crippen MR) is 98.1 cm³/mol. The quantitative estimate of drug-likeness (QED) is 0.601. The van der Waals surface area contributed by atoms with Gasteiger partial charge in [-0.05, 0) is 18.1 Å². The van der Waals surface area contributed by atoms with Gasteiger partial charge in [0.25, 0.3) is 5.56 Å². The van der Waals surface area contributed by atoms with E-state index >= 15 is 0 Å². The van der Waals surface area contributed by atoms with Gasteiger partial charge in [-0.25, -0.2) is 4.79 Å². The van der Waals surface area contributed by atoms with Gasteiger partial charge < -0.3 is 14.3 Å². The molecule has 0 aromatic carbocycles. The molecule has 1 aliphatic heterocycles. The van der Waals surface area contributed by atoms with E-state index in [0.717, 1.165) is 0 Å². The zero-order chi connectivity index (χ0) is 19.7. The van der Waals surface area contributed by atoms with Crippen LogP contribution in [0.15, 0.2) is 33.5 Å². The Morgan fingerprint density at radius 1 is 1.46 bits per heavy atom. The number of hydrogen-bond donors (Lipinski definition) is 2. The highest BCUT2D eigenvalue weighted by atomic mass is 28.4. The fourth-order valence-electron chi connectivity index (χ4n) is 2.51. The van der Waals surface area contributed by atoms with Crippen LogP contribution >= 0.6 is 0 Å². The molecule has 3 atom stereocenters. The Balaban J connectivity index is 2.49. The first kappa shape index (κ1) is 20.3. The van der Waals surface area contributed by atoms with Crippen LogP contribution in [0.2, 0.25) is 18.1 Å². The summed E-state index contributed by atoms with van der Waals surface area (Å²) in [5.74, 6) is 0. The molecular formula is C17H25N3O5Si. The van der Waals surface area contributed by atoms with Crippen LogP contribution in [0.4, 0.5) is 0 Å². The Morgan fingerprint density at radius 3 is 2.62 bits per heavy atom. The number of rotatable bonds is 4. The number of aliphatic hydroxyl groups excluding tert-OH is 1. The lowest BCUT2D eigenvalue weighted by molar-refractivity contribution is -0.0424. The summed E-state index contributed by atoms with van der Waals surface area (Å²) < 4.78 is 13.4. The molecule has 2 rings (SSSR count). The zero-order valence-corrected chi connectivity index (χ0v) is 16.6. The lowest BCUT2D eigenvalue weighted by Crippen LogP contribution is -2.47. The molecule has 2 heterocycles. The van der Waals surface area contributed by atoms with Crippen LogP contribution in [-0.2, 0) is 9.16 Å². The largest absolute Gasteiger partial charge is 0.407 e. The Kier molecular flexibility index (Phi) is 5.72. The number of aliphatic hydroxyl groups is 1. The van der Waals surface area contributed by atoms with Crippen molar-refractivity contribution >= 4 is 8.32 Å². The number of aromatic amines is 1. The van der Waals surface area contributed by atoms with Crippen molar-refractivity contribution in [2.45, 2.75) is 57.3 Å². The second-order valence-electron chi connectivity index (χ2n) is 7.80. The van der Waals surface area contributed by atoms with E-state index in [9.17, 15) is 20.0 Å². The number of allylic oxidation sites excluding steroid dienone is 1. The van der Waals surface area contributed by atoms with Gasteiger partial charge in [0.2, 0.25) is 0 Å². The van der Waals surface area contributed by atoms with Crippen molar-refractivity contribution in [1.82, 2.24) is 9.55 Å². The number of hydrogen-bond acceptors (Lipinski definition) is 6. The third kappa shape index (κ3) is 3.88. The van der Waals surface area contributed by atoms with Gasteiger partial charge in [0, 0.05) is 23.9 Å². The van der Waals surface area contributed by atoms with E-state index in [0.29, 0.717) is 5.57 Å². The second-order valence-corrected chi connectivity index (χ2v) is 12.6. The summed E-state index contributed by atoms with van der Waals surface area (Å²) in [5, 5.41) is 18.9. The van der Waals surface area contributed by atoms with E-state index in [1.165, 1.54) is 22.9 Å². The van der Waals surface area contributed by atoms with Gasteiger partial charge in [-0.2, -0.15) is 5.26 Å². The van der Waals surface area contributed by atoms with Crippen molar-refractivity contribution in [3.05, 3.63) is 44.8 Å². The van der Waals surface area contributed by atoms with Crippen molar-refractivity contribution in [2.75, 3.05) is 6.61 Å². The molecule has 0 bridgehead atoms. The van der Waals surface area contributed by atoms with E-state index in [4.69, 9.17) is 9.16 Å². The highest BCUT2D eigenvalue weighted by molar-refractivity contribution is 6.74. The monoisotopic (exact) mass is 379 g/mol. The molecule has 9 heteroatoms. The predicted octanol–water partition coefficient (Wildman–Crippen LogP) is 1.27. The summed E-state index contributed by atoms with van der Waals surface area (Å²) in [6.45, 7) is 10.0. The Hall–Kier alpha value is -1.99. The topological polar surface area (TPSA) is 117 Å². The molecule has 0 radical (unpaired) electrons. The van der Waals surface area contributed by atoms with Crippen molar-refractivity contribution in [3.8, 4) is 6.07 Å². The van der Waals surface area contributed by atoms with Gasteiger partial charge in [0.15, 0.2) is 14.5 Å². The molecule has 0 unspecified atom stereocenters. The molecular weight excluding hydrogens is 354 g/mol. The summed E-state index contributed by atoms with van der Waals surface area (Å²) in [4.78, 5) is 25.6. The number of aromatic nitrogens is 2. The van der Waals surface area contributed by atoms with Crippen LogP contribution in [0.1, 0.15) is 27.0 Å². The van der Waals surface area contributed by atoms with E-state index in [2.05, 4.69) is 38.8 Å². The van der Waals surface area contributed by atoms with Gasteiger partial charge >= 0.3 is 5.69 Å². The minimum Gasteiger partial charge on any atom is -0.407 e. The first-order chi connectivity index (χ1) is 12.0. The van der Waals surface area contributed by atoms with E-state index in [1.54, 1.807) is 0 Å². The number of nitrogens with one attached hydrogen (secondary N) is 1. The van der Waals surface area contributed by atoms with Gasteiger partial charge in [0.1, 0.15) is 12.2 Å². The minimum atomic E-state index is -2.24. The fourth-order valence-corrected chi connectivity index (χ4v) is 3.79. The highest BCUT2D eigenvalue weighted by Crippen LogP contribution is 2.42. The molecule has 0 spiro atoms. The van der Waals surface area contributed by atoms with Crippen LogP contribution in [0.3, 0.4) is 0 Å². The van der Waals surface area contributed by atoms with Crippen molar-refractivity contribution in [3.63, 3.8) is 0 Å². The third-order valence-electron chi connectivity index (χ3n) is 5.00. The molecule has 1 aromatic rings. The second kappa shape index (κ2) is 7.32. The molecule has 1 aromatic heterocycles. The van der Waals surface area contributed by atoms with Gasteiger partial charge in [-0.3, -0.25) is 14.3 Å². The fraction of sp³-hybridized carbons (Fsp3) is 0.588. The van der Waals surface area contributed by atoms with E-state index < -0.39 is 38.0 Å². The lowest BCUT2D eigenvalue weighted by Gasteiger charge is -2.39. The number of nitrogens with zero attached hydrogens (tertiary/aromatic N) is 2. The van der Waals surface area contributed by atoms with Crippen LogP contribution in [0.25, 0.3) is 0 Å². The molecule has 1 fully saturated rings. The molecule has 1 saturated heterocycles. The van der Waals surface area contributed by atoms with Crippen LogP contribution in [-0.4, -0.2) is 41.8 Å². The zero-order valence-electron chi connectivity index (χ0n) is 15.6. The lowest BCUT2D eigenvalue weighted by atomic mass is 10.1. The molecule has 0 saturated carbocycles. The maximum Gasteiger partial charge on any atom is 0.330 e. The summed E-state index contributed by atoms with van der Waals surface area (Å²) in [7, 11) is -2.24. The average molecular weight is 379 g/mol. The average Bonchev–Trinajstić information content (AvgIpc) is 2.84. The Bertz CT molecular complexity index is 843. The maximum atomic E-state index is 12.1. The Labute approximate surface area is 152 Å². The van der Waals surface area contributed by atoms with Crippen LogP contribution in [0.5, 0.6) is 0 Å². The number of nitriles is 1. The minimum absolute atomic E-state index is 0.0856. The molecule has 142 valence electrons. The standard InChI is InChI=1S/C17H25N3O5Si/c1-17(2,3)26(4,5)25-14-11(6-8-18)15(24-12(14)10-21)20-9-7-13(22)19-16(20)23/h6-7,9,12,14-15,21H,10H2,1-5H3,(H,19,22,23)/b11-6-/t12-,14+,15-/m1/s1. The SMILES string of the molecule is CC(C)(C)[Si](C)(C)O[C@H]1/C(=C/C#N)[C@H](n2ccc(=O)[nH]c2=O)O[C@@H]1CO. The van der Waals surface area contributed by atoms with Gasteiger partial charge in [-0.15, -0.1) is 0 Å². The van der Waals surface area contributed by atoms with E-state index in [-0.39, 0.29) is 11.6 Å². The summed E-state index contributed by atoms with van der Waals surface area (Å²) in [6, 6.07) is 3.16. The highest BCUT2D eigenvalue weighted by Gasteiger charge is 2.47. The summed E-state index contributed by atoms with van der Waals surface area (Å²) in [5.41, 5.74) is -0.732. The normalized spacial score (nSPS) is 25.4. The molecule has 8 nitrogen and oxygen atoms in total. The molecule has 1 aliphatic rings. The number of H-pyrrole nitrogens is 1. The van der Waals surface area contributed by atoms with Gasteiger partial charge in [0.05, 0.1) is 12.7 Å². The smallest absolute Gasteiger partial charge is 0.330 e. The first-order valence-corrected chi connectivity index (χ1v) is 11.3. The molecule has 0 aliphatic carbocycles. The van der Waals surface area contributed by atoms with Crippen LogP contribution in [0, 0.1) is 11.3 Å². The maximum absolute atomic E-state index is 12.1. The van der Waals surface area contributed by atoms with Crippen molar-refractivity contribution < 1.29 is 14.3 Å². The third-order valence-corrected chi connectivity index (χ3v) is 9.45. The number of ether oxygens (including phenoxy) is 1. The summed E-state index contributed by atoms with van der Waals surface area (Å²) >= 11 is 0. The van der Waals surface area contributed by atoms with E-state index in [1.807, 2.05) is 6.07 Å². The first-order valence-electron chi connectivity index (χ1n) is 8.37. The molecule has 2 N–H and O–H groups in total. The van der Waals surface area contributed by atoms with Crippen LogP contribution < -0.4 is 11.2 Å². The Morgan fingerprint density at radius 2 is 2.12 bits per heavy atom. The van der Waals surface area contributed by atoms with Gasteiger partial charge in [-0.1, -0.05) is 20.8 Å².